The van der Waals surface area contributed by atoms with Crippen LogP contribution in [-0.4, -0.2) is 8.28 Å². The van der Waals surface area contributed by atoms with Crippen molar-refractivity contribution in [2.75, 3.05) is 0 Å². The smallest absolute Gasteiger partial charge is 0.101 e. The summed E-state index contributed by atoms with van der Waals surface area (Å²) in [6.07, 6.45) is 0. The Morgan fingerprint density at radius 1 is 1.17 bits per heavy atom. The number of hydrogen-bond donors (Lipinski definition) is 0. The van der Waals surface area contributed by atoms with Gasteiger partial charge in [0.1, 0.15) is 3.53 Å². The molecule has 0 rings (SSSR count). The summed E-state index contributed by atoms with van der Waals surface area (Å²) in [7, 11) is 2.59. The van der Waals surface area contributed by atoms with Gasteiger partial charge in [-0.05, 0) is 19.3 Å². The summed E-state index contributed by atoms with van der Waals surface area (Å²) in [6.45, 7) is 11.2. The van der Waals surface area contributed by atoms with E-state index >= 15 is 0 Å². The van der Waals surface area contributed by atoms with Crippen LogP contribution in [0.2, 0.25) is 0 Å². The molecule has 0 spiro atoms. The van der Waals surface area contributed by atoms with E-state index in [0.29, 0.717) is 0 Å². The lowest BCUT2D eigenvalue weighted by atomic mass is 9.83. The van der Waals surface area contributed by atoms with E-state index in [4.69, 9.17) is 12.2 Å². The van der Waals surface area contributed by atoms with E-state index in [-0.39, 0.29) is 10.2 Å². The summed E-state index contributed by atoms with van der Waals surface area (Å²) >= 11 is 8.54. The molecule has 0 aliphatic carbocycles. The summed E-state index contributed by atoms with van der Waals surface area (Å²) in [5.41, 5.74) is 0.280. The van der Waals surface area contributed by atoms with Gasteiger partial charge in [0.25, 0.3) is 0 Å². The summed E-state index contributed by atoms with van der Waals surface area (Å²) in [5, 5.41) is 0. The molecule has 0 aliphatic heterocycles. The average molecular weight is 240 g/mol. The standard InChI is InChI=1S/C8H17PS3/c1-7(2,3)8(4,5)11-6(10)12-9/h9H2,1-5H3. The Bertz CT molecular complexity index is 170. The Labute approximate surface area is 92.0 Å². The van der Waals surface area contributed by atoms with Gasteiger partial charge in [-0.1, -0.05) is 52.8 Å². The maximum Gasteiger partial charge on any atom is 0.108 e. The fourth-order valence-electron chi connectivity index (χ4n) is 0.385. The van der Waals surface area contributed by atoms with Gasteiger partial charge in [-0.15, -0.1) is 11.8 Å². The molecule has 1 atom stereocenters. The molecule has 0 nitrogen and oxygen atoms in total. The van der Waals surface area contributed by atoms with Crippen LogP contribution in [0.4, 0.5) is 0 Å². The molecule has 0 heterocycles. The predicted octanol–water partition coefficient (Wildman–Crippen LogP) is 4.35. The zero-order valence-corrected chi connectivity index (χ0v) is 11.9. The number of rotatable bonds is 1. The predicted molar refractivity (Wildman–Crippen MR) is 71.0 cm³/mol. The van der Waals surface area contributed by atoms with Gasteiger partial charge >= 0.3 is 0 Å². The molecular weight excluding hydrogens is 223 g/mol. The molecule has 0 amide bonds. The molecule has 0 radical (unpaired) electrons. The van der Waals surface area contributed by atoms with E-state index in [2.05, 4.69) is 43.1 Å². The first-order valence-corrected chi connectivity index (χ1v) is 7.32. The first-order chi connectivity index (χ1) is 5.20. The molecule has 0 N–H and O–H groups in total. The molecule has 0 aromatic heterocycles. The second kappa shape index (κ2) is 4.63. The normalized spacial score (nSPS) is 13.2. The zero-order valence-electron chi connectivity index (χ0n) is 8.30. The van der Waals surface area contributed by atoms with E-state index in [1.807, 2.05) is 0 Å². The molecule has 72 valence electrons. The number of thiocarbonyl (C=S) groups is 1. The van der Waals surface area contributed by atoms with Crippen LogP contribution in [0.3, 0.4) is 0 Å². The molecule has 0 aromatic carbocycles. The third-order valence-corrected chi connectivity index (χ3v) is 6.53. The van der Waals surface area contributed by atoms with Crippen LogP contribution in [-0.2, 0) is 0 Å². The van der Waals surface area contributed by atoms with Crippen molar-refractivity contribution >= 4 is 47.3 Å². The first-order valence-electron chi connectivity index (χ1n) is 3.80. The summed E-state index contributed by atoms with van der Waals surface area (Å²) in [6, 6.07) is 0. The lowest BCUT2D eigenvalue weighted by molar-refractivity contribution is 0.321. The van der Waals surface area contributed by atoms with E-state index in [1.54, 1.807) is 23.1 Å². The van der Waals surface area contributed by atoms with Gasteiger partial charge in [-0.2, -0.15) is 0 Å². The van der Waals surface area contributed by atoms with Gasteiger partial charge in [0.2, 0.25) is 0 Å². The van der Waals surface area contributed by atoms with Crippen LogP contribution >= 0.6 is 43.8 Å². The molecule has 0 bridgehead atoms. The van der Waals surface area contributed by atoms with Crippen molar-refractivity contribution < 1.29 is 0 Å². The zero-order chi connectivity index (χ0) is 9.99. The van der Waals surface area contributed by atoms with Gasteiger partial charge in [0, 0.05) is 4.75 Å². The SMILES string of the molecule is CC(C)(C)C(C)(C)SC(=S)SP. The van der Waals surface area contributed by atoms with E-state index in [0.717, 1.165) is 3.53 Å². The summed E-state index contributed by atoms with van der Waals surface area (Å²) in [5.74, 6) is 0. The van der Waals surface area contributed by atoms with Crippen molar-refractivity contribution in [3.63, 3.8) is 0 Å². The maximum absolute atomic E-state index is 5.18. The van der Waals surface area contributed by atoms with Crippen molar-refractivity contribution in [3.05, 3.63) is 0 Å². The summed E-state index contributed by atoms with van der Waals surface area (Å²) < 4.78 is 1.20. The fourth-order valence-corrected chi connectivity index (χ4v) is 2.98. The number of thioether (sulfide) groups is 1. The lowest BCUT2D eigenvalue weighted by Crippen LogP contribution is -2.33. The third kappa shape index (κ3) is 3.95. The van der Waals surface area contributed by atoms with Crippen molar-refractivity contribution in [3.8, 4) is 0 Å². The highest BCUT2D eigenvalue weighted by Crippen LogP contribution is 2.44. The molecule has 0 fully saturated rings. The maximum atomic E-state index is 5.18. The monoisotopic (exact) mass is 240 g/mol. The first kappa shape index (κ1) is 13.2. The Kier molecular flexibility index (Phi) is 5.11. The average Bonchev–Trinajstić information content (AvgIpc) is 1.84. The van der Waals surface area contributed by atoms with Crippen LogP contribution in [0.5, 0.6) is 0 Å². The van der Waals surface area contributed by atoms with Crippen LogP contribution in [0.15, 0.2) is 0 Å². The lowest BCUT2D eigenvalue weighted by Gasteiger charge is -2.37. The second-order valence-electron chi connectivity index (χ2n) is 4.23. The minimum Gasteiger partial charge on any atom is -0.101 e. The largest absolute Gasteiger partial charge is 0.108 e. The minimum atomic E-state index is 0.202. The van der Waals surface area contributed by atoms with Crippen LogP contribution in [0.1, 0.15) is 34.6 Å². The number of hydrogen-bond acceptors (Lipinski definition) is 3. The summed E-state index contributed by atoms with van der Waals surface area (Å²) in [4.78, 5) is 0. The highest BCUT2D eigenvalue weighted by Gasteiger charge is 2.34. The van der Waals surface area contributed by atoms with E-state index < -0.39 is 0 Å². The van der Waals surface area contributed by atoms with E-state index in [1.165, 1.54) is 0 Å². The van der Waals surface area contributed by atoms with Gasteiger partial charge in [0.15, 0.2) is 0 Å². The highest BCUT2D eigenvalue weighted by atomic mass is 32.7. The Morgan fingerprint density at radius 2 is 1.58 bits per heavy atom. The molecule has 0 aromatic rings. The molecule has 0 saturated heterocycles. The van der Waals surface area contributed by atoms with Crippen molar-refractivity contribution in [1.82, 2.24) is 0 Å². The highest BCUT2D eigenvalue weighted by molar-refractivity contribution is 8.66. The molecular formula is C8H17PS3. The van der Waals surface area contributed by atoms with Gasteiger partial charge < -0.3 is 0 Å². The van der Waals surface area contributed by atoms with Gasteiger partial charge in [-0.3, -0.25) is 0 Å². The van der Waals surface area contributed by atoms with Crippen molar-refractivity contribution in [2.45, 2.75) is 39.4 Å². The Morgan fingerprint density at radius 3 is 1.83 bits per heavy atom. The molecule has 0 aliphatic rings. The van der Waals surface area contributed by atoms with Crippen molar-refractivity contribution in [1.29, 1.82) is 0 Å². The van der Waals surface area contributed by atoms with Crippen LogP contribution in [0.25, 0.3) is 0 Å². The van der Waals surface area contributed by atoms with Crippen molar-refractivity contribution in [2.24, 2.45) is 5.41 Å². The quantitative estimate of drug-likeness (QED) is 0.494. The molecule has 12 heavy (non-hydrogen) atoms. The molecule has 0 saturated carbocycles. The Balaban J connectivity index is 4.33. The fraction of sp³-hybridized carbons (Fsp3) is 0.875. The second-order valence-corrected chi connectivity index (χ2v) is 8.40. The van der Waals surface area contributed by atoms with E-state index in [9.17, 15) is 0 Å². The van der Waals surface area contributed by atoms with Gasteiger partial charge in [0.05, 0.1) is 0 Å². The van der Waals surface area contributed by atoms with Gasteiger partial charge in [-0.25, -0.2) is 0 Å². The third-order valence-electron chi connectivity index (χ3n) is 2.24. The molecule has 4 heteroatoms. The Hall–Kier alpha value is 1.22. The van der Waals surface area contributed by atoms with Crippen LogP contribution in [0, 0.1) is 5.41 Å². The molecule has 1 unspecified atom stereocenters. The van der Waals surface area contributed by atoms with Crippen LogP contribution < -0.4 is 0 Å². The topological polar surface area (TPSA) is 0 Å². The minimum absolute atomic E-state index is 0.202.